The van der Waals surface area contributed by atoms with Crippen molar-refractivity contribution in [2.45, 2.75) is 6.92 Å². The molecule has 3 nitrogen and oxygen atoms in total. The lowest BCUT2D eigenvalue weighted by Crippen LogP contribution is -1.94. The maximum atomic E-state index is 10.3. The topological polar surface area (TPSA) is 50.2 Å². The van der Waals surface area contributed by atoms with Gasteiger partial charge in [0.05, 0.1) is 5.69 Å². The highest BCUT2D eigenvalue weighted by Gasteiger charge is 2.11. The van der Waals surface area contributed by atoms with Crippen LogP contribution >= 0.6 is 35.3 Å². The Labute approximate surface area is 78.4 Å². The first-order valence-corrected chi connectivity index (χ1v) is 3.67. The molecule has 0 bridgehead atoms. The number of rotatable bonds is 1. The van der Waals surface area contributed by atoms with Crippen molar-refractivity contribution in [3.8, 4) is 0 Å². The molecular formula is C5H5Cl2NO2S. The number of carboxylic acids is 1. The largest absolute Gasteiger partial charge is 0.477 e. The van der Waals surface area contributed by atoms with E-state index in [-0.39, 0.29) is 21.8 Å². The number of aryl methyl sites for hydroxylation is 1. The van der Waals surface area contributed by atoms with E-state index < -0.39 is 5.97 Å². The van der Waals surface area contributed by atoms with Gasteiger partial charge in [-0.3, -0.25) is 0 Å². The summed E-state index contributed by atoms with van der Waals surface area (Å²) in [5.41, 5.74) is 0.475. The van der Waals surface area contributed by atoms with E-state index in [0.29, 0.717) is 5.69 Å². The standard InChI is InChI=1S/C5H4ClNO2S.ClH/c1-2-3(4(8)9)10-5(6)7-2;/h1H3,(H,8,9);1H. The maximum absolute atomic E-state index is 10.3. The SMILES string of the molecule is Cc1nc(Cl)sc1C(=O)O.Cl. The number of aromatic nitrogens is 1. The number of nitrogens with zero attached hydrogens (tertiary/aromatic N) is 1. The molecule has 1 N–H and O–H groups in total. The van der Waals surface area contributed by atoms with E-state index >= 15 is 0 Å². The number of hydrogen-bond acceptors (Lipinski definition) is 3. The van der Waals surface area contributed by atoms with E-state index in [1.165, 1.54) is 0 Å². The molecule has 0 saturated carbocycles. The fraction of sp³-hybridized carbons (Fsp3) is 0.200. The third-order valence-corrected chi connectivity index (χ3v) is 2.21. The summed E-state index contributed by atoms with van der Waals surface area (Å²) < 4.78 is 0.273. The molecule has 0 spiro atoms. The normalized spacial score (nSPS) is 8.91. The van der Waals surface area contributed by atoms with Crippen LogP contribution in [-0.4, -0.2) is 16.1 Å². The zero-order valence-corrected chi connectivity index (χ0v) is 7.89. The number of hydrogen-bond donors (Lipinski definition) is 1. The highest BCUT2D eigenvalue weighted by Crippen LogP contribution is 2.21. The molecule has 11 heavy (non-hydrogen) atoms. The molecule has 1 aromatic heterocycles. The summed E-state index contributed by atoms with van der Waals surface area (Å²) in [5, 5.41) is 8.49. The van der Waals surface area contributed by atoms with Crippen molar-refractivity contribution < 1.29 is 9.90 Å². The van der Waals surface area contributed by atoms with Crippen molar-refractivity contribution >= 4 is 41.3 Å². The summed E-state index contributed by atoms with van der Waals surface area (Å²) in [7, 11) is 0. The fourth-order valence-corrected chi connectivity index (χ4v) is 1.55. The Kier molecular flexibility index (Phi) is 3.78. The highest BCUT2D eigenvalue weighted by molar-refractivity contribution is 7.17. The monoisotopic (exact) mass is 213 g/mol. The first-order chi connectivity index (χ1) is 4.61. The third kappa shape index (κ3) is 2.32. The first kappa shape index (κ1) is 10.7. The van der Waals surface area contributed by atoms with E-state index in [2.05, 4.69) is 4.98 Å². The van der Waals surface area contributed by atoms with Crippen LogP contribution in [0.5, 0.6) is 0 Å². The highest BCUT2D eigenvalue weighted by atomic mass is 35.5. The maximum Gasteiger partial charge on any atom is 0.347 e. The van der Waals surface area contributed by atoms with Gasteiger partial charge in [-0.25, -0.2) is 9.78 Å². The van der Waals surface area contributed by atoms with Crippen LogP contribution in [0.25, 0.3) is 0 Å². The van der Waals surface area contributed by atoms with Gasteiger partial charge in [-0.05, 0) is 6.92 Å². The zero-order chi connectivity index (χ0) is 7.72. The average molecular weight is 214 g/mol. The summed E-state index contributed by atoms with van der Waals surface area (Å²) in [6, 6.07) is 0. The summed E-state index contributed by atoms with van der Waals surface area (Å²) in [4.78, 5) is 14.3. The van der Waals surface area contributed by atoms with Gasteiger partial charge < -0.3 is 5.11 Å². The molecule has 1 heterocycles. The van der Waals surface area contributed by atoms with E-state index in [9.17, 15) is 4.79 Å². The minimum absolute atomic E-state index is 0. The van der Waals surface area contributed by atoms with E-state index in [4.69, 9.17) is 16.7 Å². The molecule has 0 aromatic carbocycles. The quantitative estimate of drug-likeness (QED) is 0.779. The molecule has 0 radical (unpaired) electrons. The van der Waals surface area contributed by atoms with E-state index in [1.807, 2.05) is 0 Å². The van der Waals surface area contributed by atoms with Crippen LogP contribution in [0.4, 0.5) is 0 Å². The van der Waals surface area contributed by atoms with Gasteiger partial charge in [0.15, 0.2) is 4.47 Å². The van der Waals surface area contributed by atoms with Crippen LogP contribution in [0.1, 0.15) is 15.4 Å². The second-order valence-electron chi connectivity index (χ2n) is 1.69. The van der Waals surface area contributed by atoms with Gasteiger partial charge in [-0.1, -0.05) is 22.9 Å². The van der Waals surface area contributed by atoms with Crippen molar-refractivity contribution in [3.63, 3.8) is 0 Å². The molecule has 0 atom stereocenters. The van der Waals surface area contributed by atoms with Crippen LogP contribution in [0.3, 0.4) is 0 Å². The first-order valence-electron chi connectivity index (χ1n) is 2.47. The minimum atomic E-state index is -0.970. The van der Waals surface area contributed by atoms with Crippen molar-refractivity contribution in [3.05, 3.63) is 15.0 Å². The molecule has 0 amide bonds. The van der Waals surface area contributed by atoms with Gasteiger partial charge in [-0.2, -0.15) is 0 Å². The molecule has 0 aliphatic carbocycles. The average Bonchev–Trinajstić information content (AvgIpc) is 2.10. The minimum Gasteiger partial charge on any atom is -0.477 e. The summed E-state index contributed by atoms with van der Waals surface area (Å²) in [6.07, 6.45) is 0. The van der Waals surface area contributed by atoms with Crippen molar-refractivity contribution in [1.29, 1.82) is 0 Å². The van der Waals surface area contributed by atoms with Gasteiger partial charge in [0.25, 0.3) is 0 Å². The van der Waals surface area contributed by atoms with Gasteiger partial charge in [-0.15, -0.1) is 12.4 Å². The molecule has 0 aliphatic rings. The molecule has 0 fully saturated rings. The summed E-state index contributed by atoms with van der Waals surface area (Å²) in [5.74, 6) is -0.970. The predicted octanol–water partition coefficient (Wildman–Crippen LogP) is 2.22. The Balaban J connectivity index is 0.000001000. The van der Waals surface area contributed by atoms with Crippen LogP contribution in [0, 0.1) is 6.92 Å². The predicted molar refractivity (Wildman–Crippen MR) is 46.1 cm³/mol. The molecule has 0 unspecified atom stereocenters. The molecule has 0 aliphatic heterocycles. The molecule has 1 aromatic rings. The Bertz CT molecular complexity index is 273. The Morgan fingerprint density at radius 2 is 2.27 bits per heavy atom. The zero-order valence-electron chi connectivity index (χ0n) is 5.50. The molecule has 6 heteroatoms. The molecular weight excluding hydrogens is 209 g/mol. The van der Waals surface area contributed by atoms with Crippen LogP contribution in [0.15, 0.2) is 0 Å². The van der Waals surface area contributed by atoms with Crippen LogP contribution < -0.4 is 0 Å². The Morgan fingerprint density at radius 1 is 1.73 bits per heavy atom. The summed E-state index contributed by atoms with van der Waals surface area (Å²) in [6.45, 7) is 1.62. The number of carbonyl (C=O) groups is 1. The van der Waals surface area contributed by atoms with E-state index in [1.54, 1.807) is 6.92 Å². The van der Waals surface area contributed by atoms with Crippen molar-refractivity contribution in [2.75, 3.05) is 0 Å². The van der Waals surface area contributed by atoms with Gasteiger partial charge >= 0.3 is 5.97 Å². The molecule has 62 valence electrons. The van der Waals surface area contributed by atoms with Crippen LogP contribution in [-0.2, 0) is 0 Å². The van der Waals surface area contributed by atoms with Gasteiger partial charge in [0.1, 0.15) is 4.88 Å². The second kappa shape index (κ2) is 3.90. The molecule has 1 rings (SSSR count). The lowest BCUT2D eigenvalue weighted by Gasteiger charge is -1.84. The lowest BCUT2D eigenvalue weighted by atomic mass is 10.4. The van der Waals surface area contributed by atoms with E-state index in [0.717, 1.165) is 11.3 Å². The smallest absolute Gasteiger partial charge is 0.347 e. The van der Waals surface area contributed by atoms with Crippen molar-refractivity contribution in [1.82, 2.24) is 4.98 Å². The third-order valence-electron chi connectivity index (χ3n) is 0.965. The van der Waals surface area contributed by atoms with Gasteiger partial charge in [0, 0.05) is 0 Å². The van der Waals surface area contributed by atoms with Crippen molar-refractivity contribution in [2.24, 2.45) is 0 Å². The second-order valence-corrected chi connectivity index (χ2v) is 3.27. The Morgan fingerprint density at radius 3 is 2.45 bits per heavy atom. The number of halogens is 2. The number of thiazole rings is 1. The van der Waals surface area contributed by atoms with Crippen LogP contribution in [0.2, 0.25) is 4.47 Å². The Hall–Kier alpha value is -0.320. The fourth-order valence-electron chi connectivity index (χ4n) is 0.562. The summed E-state index contributed by atoms with van der Waals surface area (Å²) >= 11 is 6.43. The lowest BCUT2D eigenvalue weighted by molar-refractivity contribution is 0.0701. The van der Waals surface area contributed by atoms with Gasteiger partial charge in [0.2, 0.25) is 0 Å². The number of aromatic carboxylic acids is 1. The number of carboxylic acid groups (broad SMARTS) is 1. The molecule has 0 saturated heterocycles.